The number of nitrogens with one attached hydrogen (secondary N) is 2. The molecule has 0 aromatic heterocycles. The van der Waals surface area contributed by atoms with Gasteiger partial charge in [0.15, 0.2) is 16.6 Å². The lowest BCUT2D eigenvalue weighted by Gasteiger charge is -2.21. The molecule has 0 fully saturated rings. The number of hydrogen-bond acceptors (Lipinski definition) is 4. The van der Waals surface area contributed by atoms with Crippen LogP contribution in [0.15, 0.2) is 21.7 Å². The molecule has 0 aliphatic carbocycles. The molecule has 5 nitrogen and oxygen atoms in total. The summed E-state index contributed by atoms with van der Waals surface area (Å²) in [4.78, 5) is 0. The fraction of sp³-hybridized carbons (Fsp3) is 0.385. The maximum absolute atomic E-state index is 9.95. The van der Waals surface area contributed by atoms with Crippen molar-refractivity contribution in [3.8, 4) is 11.5 Å². The molecule has 0 aliphatic heterocycles. The van der Waals surface area contributed by atoms with Crippen molar-refractivity contribution in [3.05, 3.63) is 22.2 Å². The number of aromatic hydroxyl groups is 1. The van der Waals surface area contributed by atoms with Crippen molar-refractivity contribution < 1.29 is 9.84 Å². The van der Waals surface area contributed by atoms with Crippen molar-refractivity contribution in [3.63, 3.8) is 0 Å². The molecule has 0 heterocycles. The quantitative estimate of drug-likeness (QED) is 0.440. The van der Waals surface area contributed by atoms with E-state index in [-0.39, 0.29) is 11.3 Å². The number of rotatable bonds is 3. The van der Waals surface area contributed by atoms with E-state index >= 15 is 0 Å². The molecular weight excluding hydrogens is 342 g/mol. The van der Waals surface area contributed by atoms with Crippen LogP contribution in [0.1, 0.15) is 26.3 Å². The van der Waals surface area contributed by atoms with Crippen LogP contribution in [0.3, 0.4) is 0 Å². The Morgan fingerprint density at radius 3 is 2.65 bits per heavy atom. The van der Waals surface area contributed by atoms with Gasteiger partial charge in [-0.25, -0.2) is 0 Å². The topological polar surface area (TPSA) is 65.9 Å². The normalized spacial score (nSPS) is 11.4. The van der Waals surface area contributed by atoms with E-state index in [0.29, 0.717) is 16.4 Å². The monoisotopic (exact) mass is 359 g/mol. The van der Waals surface area contributed by atoms with Crippen molar-refractivity contribution >= 4 is 39.5 Å². The summed E-state index contributed by atoms with van der Waals surface area (Å²) in [5.41, 5.74) is 3.07. The van der Waals surface area contributed by atoms with E-state index in [1.165, 1.54) is 13.3 Å². The molecule has 0 saturated carbocycles. The summed E-state index contributed by atoms with van der Waals surface area (Å²) in [5, 5.41) is 17.4. The first-order valence-corrected chi connectivity index (χ1v) is 7.11. The van der Waals surface area contributed by atoms with Gasteiger partial charge in [0, 0.05) is 15.6 Å². The van der Waals surface area contributed by atoms with E-state index in [4.69, 9.17) is 17.0 Å². The van der Waals surface area contributed by atoms with E-state index in [1.54, 1.807) is 12.1 Å². The number of thiocarbonyl (C=S) groups is 1. The molecule has 0 amide bonds. The van der Waals surface area contributed by atoms with Crippen molar-refractivity contribution in [1.82, 2.24) is 10.7 Å². The molecule has 3 N–H and O–H groups in total. The Kier molecular flexibility index (Phi) is 5.76. The third-order valence-electron chi connectivity index (χ3n) is 2.15. The van der Waals surface area contributed by atoms with Gasteiger partial charge in [-0.15, -0.1) is 0 Å². The molecule has 0 aliphatic rings. The minimum absolute atomic E-state index is 0.0240. The number of ether oxygens (including phenoxy) is 1. The van der Waals surface area contributed by atoms with E-state index in [1.807, 2.05) is 20.8 Å². The Balaban J connectivity index is 2.76. The molecule has 110 valence electrons. The Morgan fingerprint density at radius 2 is 2.10 bits per heavy atom. The van der Waals surface area contributed by atoms with Gasteiger partial charge in [0.25, 0.3) is 0 Å². The second-order valence-corrected chi connectivity index (χ2v) is 6.44. The highest BCUT2D eigenvalue weighted by molar-refractivity contribution is 9.10. The van der Waals surface area contributed by atoms with Crippen LogP contribution in [0, 0.1) is 0 Å². The summed E-state index contributed by atoms with van der Waals surface area (Å²) >= 11 is 8.43. The van der Waals surface area contributed by atoms with Crippen molar-refractivity contribution in [1.29, 1.82) is 0 Å². The van der Waals surface area contributed by atoms with Crippen LogP contribution < -0.4 is 15.5 Å². The highest BCUT2D eigenvalue weighted by Gasteiger charge is 2.10. The highest BCUT2D eigenvalue weighted by Crippen LogP contribution is 2.32. The Morgan fingerprint density at radius 1 is 1.45 bits per heavy atom. The Labute approximate surface area is 132 Å². The first-order valence-electron chi connectivity index (χ1n) is 5.90. The number of halogens is 1. The molecule has 7 heteroatoms. The van der Waals surface area contributed by atoms with Crippen molar-refractivity contribution in [2.24, 2.45) is 5.10 Å². The van der Waals surface area contributed by atoms with Gasteiger partial charge in [-0.05, 0) is 45.1 Å². The van der Waals surface area contributed by atoms with Crippen LogP contribution >= 0.6 is 28.1 Å². The summed E-state index contributed by atoms with van der Waals surface area (Å²) < 4.78 is 5.84. The van der Waals surface area contributed by atoms with Gasteiger partial charge in [0.2, 0.25) is 0 Å². The Hall–Kier alpha value is -1.34. The molecule has 0 saturated heterocycles. The second kappa shape index (κ2) is 6.90. The Bertz CT molecular complexity index is 527. The molecule has 0 atom stereocenters. The second-order valence-electron chi connectivity index (χ2n) is 5.12. The van der Waals surface area contributed by atoms with Crippen LogP contribution in [0.5, 0.6) is 11.5 Å². The summed E-state index contributed by atoms with van der Waals surface area (Å²) in [7, 11) is 1.49. The van der Waals surface area contributed by atoms with Crippen molar-refractivity contribution in [2.45, 2.75) is 26.3 Å². The first-order chi connectivity index (χ1) is 9.23. The number of hydrogen-bond donors (Lipinski definition) is 3. The lowest BCUT2D eigenvalue weighted by Crippen LogP contribution is -2.44. The summed E-state index contributed by atoms with van der Waals surface area (Å²) in [6, 6.07) is 3.40. The smallest absolute Gasteiger partial charge is 0.187 e. The number of hydrazone groups is 1. The summed E-state index contributed by atoms with van der Waals surface area (Å²) in [5.74, 6) is 0.396. The zero-order chi connectivity index (χ0) is 15.3. The molecule has 0 unspecified atom stereocenters. The summed E-state index contributed by atoms with van der Waals surface area (Å²) in [6.45, 7) is 5.99. The van der Waals surface area contributed by atoms with Crippen LogP contribution in [0.4, 0.5) is 0 Å². The van der Waals surface area contributed by atoms with E-state index in [0.717, 1.165) is 4.47 Å². The number of methoxy groups -OCH3 is 1. The lowest BCUT2D eigenvalue weighted by atomic mass is 10.1. The third-order valence-corrected chi connectivity index (χ3v) is 2.80. The zero-order valence-corrected chi connectivity index (χ0v) is 14.2. The van der Waals surface area contributed by atoms with E-state index in [9.17, 15) is 5.11 Å². The number of phenolic OH excluding ortho intramolecular Hbond substituents is 1. The fourth-order valence-electron chi connectivity index (χ4n) is 1.38. The van der Waals surface area contributed by atoms with Crippen LogP contribution in [0.2, 0.25) is 0 Å². The van der Waals surface area contributed by atoms with Gasteiger partial charge in [-0.3, -0.25) is 5.43 Å². The highest BCUT2D eigenvalue weighted by atomic mass is 79.9. The number of benzene rings is 1. The van der Waals surface area contributed by atoms with Crippen LogP contribution in [-0.2, 0) is 0 Å². The van der Waals surface area contributed by atoms with E-state index < -0.39 is 0 Å². The largest absolute Gasteiger partial charge is 0.504 e. The fourth-order valence-corrected chi connectivity index (χ4v) is 2.19. The summed E-state index contributed by atoms with van der Waals surface area (Å²) in [6.07, 6.45) is 1.47. The van der Waals surface area contributed by atoms with E-state index in [2.05, 4.69) is 31.8 Å². The standard InChI is InChI=1S/C13H18BrN3O2S/c1-13(2,3)16-12(20)17-15-7-8-5-9(14)6-10(19-4)11(8)18/h5-7,18H,1-4H3,(H2,16,17,20)/b15-7+. The first kappa shape index (κ1) is 16.7. The predicted octanol–water partition coefficient (Wildman–Crippen LogP) is 2.76. The molecule has 0 spiro atoms. The number of phenols is 1. The lowest BCUT2D eigenvalue weighted by molar-refractivity contribution is 0.373. The van der Waals surface area contributed by atoms with Crippen LogP contribution in [0.25, 0.3) is 0 Å². The average molecular weight is 360 g/mol. The van der Waals surface area contributed by atoms with Crippen molar-refractivity contribution in [2.75, 3.05) is 7.11 Å². The molecule has 1 rings (SSSR count). The molecule has 0 radical (unpaired) electrons. The molecule has 0 bridgehead atoms. The minimum atomic E-state index is -0.138. The predicted molar refractivity (Wildman–Crippen MR) is 88.6 cm³/mol. The van der Waals surface area contributed by atoms with Gasteiger partial charge in [0.05, 0.1) is 13.3 Å². The zero-order valence-electron chi connectivity index (χ0n) is 11.8. The molecule has 1 aromatic carbocycles. The van der Waals surface area contributed by atoms with Gasteiger partial charge in [-0.2, -0.15) is 5.10 Å². The molecule has 20 heavy (non-hydrogen) atoms. The SMILES string of the molecule is COc1cc(Br)cc(/C=N/NC(=S)NC(C)(C)C)c1O. The maximum atomic E-state index is 9.95. The number of nitrogens with zero attached hydrogens (tertiary/aromatic N) is 1. The third kappa shape index (κ3) is 5.34. The molecular formula is C13H18BrN3O2S. The molecule has 1 aromatic rings. The maximum Gasteiger partial charge on any atom is 0.187 e. The average Bonchev–Trinajstić information content (AvgIpc) is 2.30. The van der Waals surface area contributed by atoms with Gasteiger partial charge in [-0.1, -0.05) is 15.9 Å². The van der Waals surface area contributed by atoms with Gasteiger partial charge < -0.3 is 15.2 Å². The van der Waals surface area contributed by atoms with Gasteiger partial charge in [0.1, 0.15) is 0 Å². The minimum Gasteiger partial charge on any atom is -0.504 e. The van der Waals surface area contributed by atoms with Gasteiger partial charge >= 0.3 is 0 Å². The van der Waals surface area contributed by atoms with Crippen LogP contribution in [-0.4, -0.2) is 29.1 Å².